The normalized spacial score (nSPS) is 12.4. The molecule has 0 spiro atoms. The van der Waals surface area contributed by atoms with Crippen molar-refractivity contribution in [3.05, 3.63) is 63.7 Å². The monoisotopic (exact) mass is 410 g/mol. The first-order valence-electron chi connectivity index (χ1n) is 8.81. The van der Waals surface area contributed by atoms with Crippen LogP contribution >= 0.6 is 0 Å². The number of carbonyl (C=O) groups is 2. The van der Waals surface area contributed by atoms with Crippen LogP contribution in [0.2, 0.25) is 0 Å². The van der Waals surface area contributed by atoms with Crippen molar-refractivity contribution in [1.82, 2.24) is 10.3 Å². The van der Waals surface area contributed by atoms with Crippen molar-refractivity contribution < 1.29 is 27.2 Å². The number of halogens is 4. The Morgan fingerprint density at radius 1 is 1.10 bits per heavy atom. The van der Waals surface area contributed by atoms with Crippen LogP contribution in [0.25, 0.3) is 6.08 Å². The van der Waals surface area contributed by atoms with Crippen LogP contribution in [-0.4, -0.2) is 22.2 Å². The summed E-state index contributed by atoms with van der Waals surface area (Å²) in [5.74, 6) is -2.44. The van der Waals surface area contributed by atoms with E-state index < -0.39 is 28.9 Å². The third-order valence-corrected chi connectivity index (χ3v) is 4.15. The molecule has 0 bridgehead atoms. The lowest BCUT2D eigenvalue weighted by Crippen LogP contribution is -2.40. The molecule has 0 aliphatic heterocycles. The fourth-order valence-corrected chi connectivity index (χ4v) is 2.84. The predicted octanol–water partition coefficient (Wildman–Crippen LogP) is 5.21. The number of allylic oxidation sites excluding steroid dienone is 1. The smallest absolute Gasteiger partial charge is 0.358 e. The van der Waals surface area contributed by atoms with Gasteiger partial charge in [-0.15, -0.1) is 0 Å². The first-order valence-corrected chi connectivity index (χ1v) is 8.81. The van der Waals surface area contributed by atoms with E-state index in [-0.39, 0.29) is 11.5 Å². The molecule has 0 aliphatic rings. The minimum Gasteiger partial charge on any atom is -0.358 e. The van der Waals surface area contributed by atoms with E-state index in [2.05, 4.69) is 10.3 Å². The van der Waals surface area contributed by atoms with E-state index in [0.717, 1.165) is 12.1 Å². The Kier molecular flexibility index (Phi) is 6.06. The maximum absolute atomic E-state index is 13.7. The molecule has 1 heterocycles. The van der Waals surface area contributed by atoms with Gasteiger partial charge in [0.15, 0.2) is 5.78 Å². The first kappa shape index (κ1) is 22.4. The minimum absolute atomic E-state index is 0.210. The summed E-state index contributed by atoms with van der Waals surface area (Å²) in [5.41, 5.74) is 0.117. The molecule has 8 heteroatoms. The van der Waals surface area contributed by atoms with E-state index in [1.165, 1.54) is 6.08 Å². The summed E-state index contributed by atoms with van der Waals surface area (Å²) < 4.78 is 51.6. The Morgan fingerprint density at radius 2 is 1.72 bits per heavy atom. The summed E-state index contributed by atoms with van der Waals surface area (Å²) in [7, 11) is 0. The molecule has 1 aromatic carbocycles. The van der Waals surface area contributed by atoms with Crippen molar-refractivity contribution in [2.75, 3.05) is 0 Å². The van der Waals surface area contributed by atoms with Crippen molar-refractivity contribution in [3.8, 4) is 0 Å². The molecule has 0 fully saturated rings. The van der Waals surface area contributed by atoms with Crippen molar-refractivity contribution in [3.63, 3.8) is 0 Å². The van der Waals surface area contributed by atoms with Crippen LogP contribution in [0.4, 0.5) is 17.6 Å². The molecule has 1 aromatic heterocycles. The van der Waals surface area contributed by atoms with E-state index >= 15 is 0 Å². The Bertz CT molecular complexity index is 980. The van der Waals surface area contributed by atoms with Gasteiger partial charge in [0.2, 0.25) is 0 Å². The molecule has 2 N–H and O–H groups in total. The highest BCUT2D eigenvalue weighted by molar-refractivity contribution is 6.07. The van der Waals surface area contributed by atoms with Crippen molar-refractivity contribution in [2.45, 2.75) is 46.3 Å². The van der Waals surface area contributed by atoms with Gasteiger partial charge >= 0.3 is 6.18 Å². The van der Waals surface area contributed by atoms with Crippen LogP contribution < -0.4 is 5.32 Å². The van der Waals surface area contributed by atoms with Gasteiger partial charge in [0, 0.05) is 22.5 Å². The number of hydrogen-bond donors (Lipinski definition) is 2. The molecule has 4 nitrogen and oxygen atoms in total. The minimum atomic E-state index is -4.83. The summed E-state index contributed by atoms with van der Waals surface area (Å²) >= 11 is 0. The van der Waals surface area contributed by atoms with Gasteiger partial charge < -0.3 is 10.3 Å². The highest BCUT2D eigenvalue weighted by atomic mass is 19.4. The summed E-state index contributed by atoms with van der Waals surface area (Å²) in [4.78, 5) is 27.7. The summed E-state index contributed by atoms with van der Waals surface area (Å²) in [6.45, 7) is 8.98. The summed E-state index contributed by atoms with van der Waals surface area (Å²) in [6.07, 6.45) is -2.30. The Hall–Kier alpha value is -2.90. The molecule has 0 atom stereocenters. The number of nitrogens with one attached hydrogen (secondary N) is 2. The SMILES string of the molecule is Cc1[nH]c(/C=C/C(=O)c2ccc(C(F)(F)F)c(F)c2)c(C)c1C(=O)NC(C)(C)C. The second kappa shape index (κ2) is 7.85. The zero-order chi connectivity index (χ0) is 22.1. The van der Waals surface area contributed by atoms with Gasteiger partial charge in [-0.2, -0.15) is 13.2 Å². The predicted molar refractivity (Wildman–Crippen MR) is 102 cm³/mol. The zero-order valence-electron chi connectivity index (χ0n) is 16.7. The van der Waals surface area contributed by atoms with E-state index in [1.807, 2.05) is 20.8 Å². The largest absolute Gasteiger partial charge is 0.419 e. The summed E-state index contributed by atoms with van der Waals surface area (Å²) in [5, 5.41) is 2.86. The van der Waals surface area contributed by atoms with Crippen molar-refractivity contribution >= 4 is 17.8 Å². The van der Waals surface area contributed by atoms with Gasteiger partial charge in [0.25, 0.3) is 5.91 Å². The lowest BCUT2D eigenvalue weighted by Gasteiger charge is -2.20. The molecule has 1 amide bonds. The molecule has 2 rings (SSSR count). The maximum Gasteiger partial charge on any atom is 0.419 e. The number of amides is 1. The molecule has 0 radical (unpaired) electrons. The average Bonchev–Trinajstić information content (AvgIpc) is 2.83. The Labute approximate surface area is 166 Å². The maximum atomic E-state index is 13.7. The number of benzene rings is 1. The highest BCUT2D eigenvalue weighted by Crippen LogP contribution is 2.31. The van der Waals surface area contributed by atoms with Crippen molar-refractivity contribution in [2.24, 2.45) is 0 Å². The fourth-order valence-electron chi connectivity index (χ4n) is 2.84. The standard InChI is InChI=1S/C21H22F4N2O2/c1-11-16(26-12(2)18(11)19(29)27-20(3,4)5)8-9-17(28)13-6-7-14(15(22)10-13)21(23,24)25/h6-10,26H,1-5H3,(H,27,29)/b9-8+. The number of aromatic amines is 1. The van der Waals surface area contributed by atoms with E-state index in [9.17, 15) is 27.2 Å². The third-order valence-electron chi connectivity index (χ3n) is 4.15. The molecule has 0 aliphatic carbocycles. The molecular formula is C21H22F4N2O2. The van der Waals surface area contributed by atoms with Gasteiger partial charge in [0.05, 0.1) is 11.1 Å². The lowest BCUT2D eigenvalue weighted by atomic mass is 10.0. The van der Waals surface area contributed by atoms with Gasteiger partial charge in [-0.3, -0.25) is 9.59 Å². The van der Waals surface area contributed by atoms with Gasteiger partial charge in [-0.25, -0.2) is 4.39 Å². The fraction of sp³-hybridized carbons (Fsp3) is 0.333. The van der Waals surface area contributed by atoms with Crippen LogP contribution in [0.1, 0.15) is 64.0 Å². The molecule has 0 saturated heterocycles. The number of ketones is 1. The molecule has 29 heavy (non-hydrogen) atoms. The molecule has 0 saturated carbocycles. The quantitative estimate of drug-likeness (QED) is 0.413. The van der Waals surface area contributed by atoms with E-state index in [1.54, 1.807) is 13.8 Å². The highest BCUT2D eigenvalue weighted by Gasteiger charge is 2.34. The average molecular weight is 410 g/mol. The molecule has 156 valence electrons. The number of alkyl halides is 3. The van der Waals surface area contributed by atoms with Crippen LogP contribution in [0.15, 0.2) is 24.3 Å². The van der Waals surface area contributed by atoms with Crippen molar-refractivity contribution in [1.29, 1.82) is 0 Å². The molecule has 0 unspecified atom stereocenters. The Balaban J connectivity index is 2.26. The number of H-pyrrole nitrogens is 1. The van der Waals surface area contributed by atoms with E-state index in [0.29, 0.717) is 34.6 Å². The number of aromatic nitrogens is 1. The number of hydrogen-bond acceptors (Lipinski definition) is 2. The third kappa shape index (κ3) is 5.34. The second-order valence-corrected chi connectivity index (χ2v) is 7.76. The topological polar surface area (TPSA) is 62.0 Å². The van der Waals surface area contributed by atoms with Gasteiger partial charge in [0.1, 0.15) is 5.82 Å². The first-order chi connectivity index (χ1) is 13.2. The van der Waals surface area contributed by atoms with Crippen LogP contribution in [0.5, 0.6) is 0 Å². The van der Waals surface area contributed by atoms with Crippen LogP contribution in [-0.2, 0) is 6.18 Å². The zero-order valence-corrected chi connectivity index (χ0v) is 16.7. The van der Waals surface area contributed by atoms with Crippen LogP contribution in [0.3, 0.4) is 0 Å². The number of carbonyl (C=O) groups excluding carboxylic acids is 2. The lowest BCUT2D eigenvalue weighted by molar-refractivity contribution is -0.140. The summed E-state index contributed by atoms with van der Waals surface area (Å²) in [6, 6.07) is 2.02. The number of rotatable bonds is 4. The second-order valence-electron chi connectivity index (χ2n) is 7.76. The molecular weight excluding hydrogens is 388 g/mol. The van der Waals surface area contributed by atoms with Gasteiger partial charge in [-0.05, 0) is 64.5 Å². The molecule has 2 aromatic rings. The van der Waals surface area contributed by atoms with Gasteiger partial charge in [-0.1, -0.05) is 6.07 Å². The Morgan fingerprint density at radius 3 is 2.24 bits per heavy atom. The van der Waals surface area contributed by atoms with Crippen LogP contribution in [0, 0.1) is 19.7 Å². The number of aryl methyl sites for hydroxylation is 1. The van der Waals surface area contributed by atoms with E-state index in [4.69, 9.17) is 0 Å².